The minimum atomic E-state index is -4.16. The fraction of sp³-hybridized carbons (Fsp3) is 0.500. The smallest absolute Gasteiger partial charge is 0.390 e. The minimum absolute atomic E-state index is 0.0384. The molecule has 4 nitrogen and oxygen atoms in total. The van der Waals surface area contributed by atoms with Crippen LogP contribution in [0.2, 0.25) is 0 Å². The summed E-state index contributed by atoms with van der Waals surface area (Å²) in [5.41, 5.74) is 1.14. The molecular weight excluding hydrogens is 283 g/mol. The average Bonchev–Trinajstić information content (AvgIpc) is 2.84. The number of halogens is 3. The summed E-state index contributed by atoms with van der Waals surface area (Å²) in [6, 6.07) is 7.78. The van der Waals surface area contributed by atoms with Gasteiger partial charge in [0.05, 0.1) is 13.0 Å². The van der Waals surface area contributed by atoms with Crippen LogP contribution in [0.25, 0.3) is 0 Å². The molecule has 0 saturated carbocycles. The predicted molar refractivity (Wildman–Crippen MR) is 74.6 cm³/mol. The SMILES string of the molecule is CN=C(NCCC(F)(F)F)NCC1Cc2ccccc2O1. The van der Waals surface area contributed by atoms with Crippen molar-refractivity contribution < 1.29 is 17.9 Å². The standard InChI is InChI=1S/C14H18F3N3O/c1-18-13(19-7-6-14(15,16)17)20-9-11-8-10-4-2-3-5-12(10)21-11/h2-5,11H,6-9H2,1H3,(H2,18,19,20). The van der Waals surface area contributed by atoms with Gasteiger partial charge in [0.2, 0.25) is 0 Å². The highest BCUT2D eigenvalue weighted by molar-refractivity contribution is 5.79. The molecule has 2 rings (SSSR count). The molecule has 0 saturated heterocycles. The fourth-order valence-electron chi connectivity index (χ4n) is 2.12. The first-order valence-corrected chi connectivity index (χ1v) is 6.74. The van der Waals surface area contributed by atoms with Crippen molar-refractivity contribution >= 4 is 5.96 Å². The summed E-state index contributed by atoms with van der Waals surface area (Å²) in [6.45, 7) is 0.287. The van der Waals surface area contributed by atoms with Gasteiger partial charge >= 0.3 is 6.18 Å². The van der Waals surface area contributed by atoms with Gasteiger partial charge < -0.3 is 15.4 Å². The van der Waals surface area contributed by atoms with E-state index < -0.39 is 12.6 Å². The van der Waals surface area contributed by atoms with E-state index in [2.05, 4.69) is 15.6 Å². The second kappa shape index (κ2) is 6.69. The number of aliphatic imine (C=N–C) groups is 1. The van der Waals surface area contributed by atoms with Gasteiger partial charge in [-0.2, -0.15) is 13.2 Å². The molecule has 0 radical (unpaired) electrons. The highest BCUT2D eigenvalue weighted by atomic mass is 19.4. The molecule has 0 fully saturated rings. The topological polar surface area (TPSA) is 45.7 Å². The third-order valence-corrected chi connectivity index (χ3v) is 3.14. The van der Waals surface area contributed by atoms with E-state index in [9.17, 15) is 13.2 Å². The van der Waals surface area contributed by atoms with Gasteiger partial charge in [-0.3, -0.25) is 4.99 Å². The van der Waals surface area contributed by atoms with Crippen LogP contribution in [0.5, 0.6) is 5.75 Å². The molecule has 1 unspecified atom stereocenters. The average molecular weight is 301 g/mol. The molecule has 7 heteroatoms. The zero-order chi connectivity index (χ0) is 15.3. The Hall–Kier alpha value is -1.92. The lowest BCUT2D eigenvalue weighted by Gasteiger charge is -2.16. The lowest BCUT2D eigenvalue weighted by molar-refractivity contribution is -0.132. The number of benzene rings is 1. The van der Waals surface area contributed by atoms with Gasteiger partial charge in [0.25, 0.3) is 0 Å². The van der Waals surface area contributed by atoms with Crippen LogP contribution in [-0.2, 0) is 6.42 Å². The zero-order valence-electron chi connectivity index (χ0n) is 11.7. The Morgan fingerprint density at radius 2 is 2.10 bits per heavy atom. The van der Waals surface area contributed by atoms with Crippen LogP contribution in [0.1, 0.15) is 12.0 Å². The molecule has 21 heavy (non-hydrogen) atoms. The van der Waals surface area contributed by atoms with Crippen LogP contribution in [-0.4, -0.2) is 38.4 Å². The van der Waals surface area contributed by atoms with Gasteiger partial charge in [-0.25, -0.2) is 0 Å². The second-order valence-electron chi connectivity index (χ2n) is 4.80. The summed E-state index contributed by atoms with van der Waals surface area (Å²) in [6.07, 6.45) is -4.31. The van der Waals surface area contributed by atoms with Crippen LogP contribution in [0.3, 0.4) is 0 Å². The second-order valence-corrected chi connectivity index (χ2v) is 4.80. The predicted octanol–water partition coefficient (Wildman–Crippen LogP) is 2.11. The molecule has 0 spiro atoms. The van der Waals surface area contributed by atoms with Crippen LogP contribution in [0.4, 0.5) is 13.2 Å². The minimum Gasteiger partial charge on any atom is -0.488 e. The van der Waals surface area contributed by atoms with Gasteiger partial charge in [0, 0.05) is 20.0 Å². The molecule has 1 aromatic carbocycles. The first-order valence-electron chi connectivity index (χ1n) is 6.74. The van der Waals surface area contributed by atoms with Crippen LogP contribution in [0, 0.1) is 0 Å². The summed E-state index contributed by atoms with van der Waals surface area (Å²) >= 11 is 0. The zero-order valence-corrected chi connectivity index (χ0v) is 11.7. The number of rotatable bonds is 4. The maximum absolute atomic E-state index is 12.1. The summed E-state index contributed by atoms with van der Waals surface area (Å²) in [7, 11) is 1.52. The number of nitrogens with one attached hydrogen (secondary N) is 2. The van der Waals surface area contributed by atoms with Gasteiger partial charge in [0.1, 0.15) is 11.9 Å². The molecule has 116 valence electrons. The monoisotopic (exact) mass is 301 g/mol. The highest BCUT2D eigenvalue weighted by Gasteiger charge is 2.26. The van der Waals surface area contributed by atoms with Crippen LogP contribution >= 0.6 is 0 Å². The fourth-order valence-corrected chi connectivity index (χ4v) is 2.12. The van der Waals surface area contributed by atoms with E-state index in [4.69, 9.17) is 4.74 Å². The molecule has 0 bridgehead atoms. The first-order chi connectivity index (χ1) is 9.98. The Bertz CT molecular complexity index is 477. The molecule has 1 heterocycles. The number of ether oxygens (including phenoxy) is 1. The van der Waals surface area contributed by atoms with Crippen molar-refractivity contribution in [3.8, 4) is 5.75 Å². The maximum atomic E-state index is 12.1. The maximum Gasteiger partial charge on any atom is 0.390 e. The van der Waals surface area contributed by atoms with Crippen LogP contribution in [0.15, 0.2) is 29.3 Å². The van der Waals surface area contributed by atoms with Crippen molar-refractivity contribution in [1.29, 1.82) is 0 Å². The quantitative estimate of drug-likeness (QED) is 0.661. The molecule has 0 aliphatic carbocycles. The molecule has 1 aliphatic rings. The van der Waals surface area contributed by atoms with E-state index in [0.29, 0.717) is 12.5 Å². The van der Waals surface area contributed by atoms with Crippen LogP contribution < -0.4 is 15.4 Å². The number of para-hydroxylation sites is 1. The van der Waals surface area contributed by atoms with E-state index in [1.807, 2.05) is 24.3 Å². The van der Waals surface area contributed by atoms with Gasteiger partial charge in [0.15, 0.2) is 5.96 Å². The van der Waals surface area contributed by atoms with E-state index in [1.54, 1.807) is 0 Å². The summed E-state index contributed by atoms with van der Waals surface area (Å²) in [5.74, 6) is 1.21. The van der Waals surface area contributed by atoms with E-state index in [-0.39, 0.29) is 12.6 Å². The van der Waals surface area contributed by atoms with Crippen molar-refractivity contribution in [3.05, 3.63) is 29.8 Å². The summed E-state index contributed by atoms with van der Waals surface area (Å²) in [4.78, 5) is 3.89. The lowest BCUT2D eigenvalue weighted by atomic mass is 10.1. The lowest BCUT2D eigenvalue weighted by Crippen LogP contribution is -2.43. The Balaban J connectivity index is 1.73. The Kier molecular flexibility index (Phi) is 4.93. The van der Waals surface area contributed by atoms with Crippen molar-refractivity contribution in [1.82, 2.24) is 10.6 Å². The molecule has 0 aromatic heterocycles. The molecular formula is C14H18F3N3O. The molecule has 1 aliphatic heterocycles. The number of hydrogen-bond acceptors (Lipinski definition) is 2. The molecule has 1 aromatic rings. The Morgan fingerprint density at radius 3 is 2.76 bits per heavy atom. The number of alkyl halides is 3. The van der Waals surface area contributed by atoms with E-state index in [1.165, 1.54) is 7.05 Å². The number of nitrogens with zero attached hydrogens (tertiary/aromatic N) is 1. The number of guanidine groups is 1. The largest absolute Gasteiger partial charge is 0.488 e. The molecule has 1 atom stereocenters. The Labute approximate surface area is 121 Å². The highest BCUT2D eigenvalue weighted by Crippen LogP contribution is 2.27. The van der Waals surface area contributed by atoms with Crippen molar-refractivity contribution in [2.75, 3.05) is 20.1 Å². The molecule has 0 amide bonds. The third kappa shape index (κ3) is 4.84. The van der Waals surface area contributed by atoms with E-state index in [0.717, 1.165) is 17.7 Å². The Morgan fingerprint density at radius 1 is 1.33 bits per heavy atom. The van der Waals surface area contributed by atoms with E-state index >= 15 is 0 Å². The summed E-state index contributed by atoms with van der Waals surface area (Å²) in [5, 5.41) is 5.61. The van der Waals surface area contributed by atoms with Gasteiger partial charge in [-0.1, -0.05) is 18.2 Å². The van der Waals surface area contributed by atoms with Gasteiger partial charge in [-0.05, 0) is 11.6 Å². The third-order valence-electron chi connectivity index (χ3n) is 3.14. The van der Waals surface area contributed by atoms with Crippen molar-refractivity contribution in [2.45, 2.75) is 25.1 Å². The number of fused-ring (bicyclic) bond motifs is 1. The van der Waals surface area contributed by atoms with Crippen molar-refractivity contribution in [3.63, 3.8) is 0 Å². The van der Waals surface area contributed by atoms with Gasteiger partial charge in [-0.15, -0.1) is 0 Å². The first kappa shape index (κ1) is 15.5. The van der Waals surface area contributed by atoms with Crippen molar-refractivity contribution in [2.24, 2.45) is 4.99 Å². The number of hydrogen-bond donors (Lipinski definition) is 2. The molecule has 2 N–H and O–H groups in total. The normalized spacial score (nSPS) is 18.1. The summed E-state index contributed by atoms with van der Waals surface area (Å²) < 4.78 is 42.0.